The largest absolute Gasteiger partial charge is 0.486 e. The Kier molecular flexibility index (Phi) is 11.7. The van der Waals surface area contributed by atoms with Crippen molar-refractivity contribution < 1.29 is 60.1 Å². The number of hydrogen-bond donors (Lipinski definition) is 3. The lowest BCUT2D eigenvalue weighted by Crippen LogP contribution is -2.68. The number of benzene rings is 1. The number of fused-ring (bicyclic) bond motifs is 5. The predicted molar refractivity (Wildman–Crippen MR) is 211 cm³/mol. The summed E-state index contributed by atoms with van der Waals surface area (Å²) < 4.78 is 91.8. The number of hydrogen-bond acceptors (Lipinski definition) is 10. The molecule has 15 nitrogen and oxygen atoms in total. The Morgan fingerprint density at radius 3 is 2.45 bits per heavy atom. The van der Waals surface area contributed by atoms with Crippen LogP contribution in [0.4, 0.5) is 18.0 Å². The third-order valence-electron chi connectivity index (χ3n) is 12.9. The molecule has 60 heavy (non-hydrogen) atoms. The highest BCUT2D eigenvalue weighted by atomic mass is 32.2. The van der Waals surface area contributed by atoms with Crippen molar-refractivity contribution in [3.8, 4) is 17.4 Å². The van der Waals surface area contributed by atoms with Crippen LogP contribution < -0.4 is 24.2 Å². The zero-order valence-electron chi connectivity index (χ0n) is 34.0. The van der Waals surface area contributed by atoms with Gasteiger partial charge in [-0.05, 0) is 81.4 Å². The van der Waals surface area contributed by atoms with E-state index >= 15 is 18.0 Å². The van der Waals surface area contributed by atoms with Crippen LogP contribution in [-0.2, 0) is 24.4 Å². The lowest BCUT2D eigenvalue weighted by molar-refractivity contribution is -0.236. The number of nitrogens with one attached hydrogen (secondary N) is 2. The molecule has 2 aromatic rings. The molecule has 7 rings (SSSR count). The van der Waals surface area contributed by atoms with Crippen molar-refractivity contribution in [2.45, 2.75) is 126 Å². The fourth-order valence-electron chi connectivity index (χ4n) is 9.33. The highest BCUT2D eigenvalue weighted by Crippen LogP contribution is 2.48. The number of allylic oxidation sites excluding steroid dienone is 1. The van der Waals surface area contributed by atoms with E-state index in [1.165, 1.54) is 20.0 Å². The second kappa shape index (κ2) is 16.2. The fourth-order valence-corrected chi connectivity index (χ4v) is 10.7. The van der Waals surface area contributed by atoms with Gasteiger partial charge in [-0.1, -0.05) is 39.8 Å². The average Bonchev–Trinajstić information content (AvgIpc) is 4.12. The molecule has 7 atom stereocenters. The first-order valence-electron chi connectivity index (χ1n) is 20.7. The van der Waals surface area contributed by atoms with E-state index < -0.39 is 99.2 Å². The van der Waals surface area contributed by atoms with Gasteiger partial charge in [-0.15, -0.1) is 0 Å². The number of alkyl halides is 3. The summed E-state index contributed by atoms with van der Waals surface area (Å²) in [5, 5.41) is 13.9. The van der Waals surface area contributed by atoms with Crippen LogP contribution in [0.25, 0.3) is 10.8 Å². The summed E-state index contributed by atoms with van der Waals surface area (Å²) in [6, 6.07) is 1.74. The summed E-state index contributed by atoms with van der Waals surface area (Å²) in [6.45, 7) is 6.17. The van der Waals surface area contributed by atoms with Gasteiger partial charge in [-0.2, -0.15) is 13.2 Å². The van der Waals surface area contributed by atoms with Crippen LogP contribution in [0.15, 0.2) is 36.5 Å². The zero-order chi connectivity index (χ0) is 43.4. The fraction of sp³-hybridized carbons (Fsp3) is 0.634. The number of carbonyl (C=O) groups excluding carboxylic acids is 3. The molecule has 4 amide bonds. The van der Waals surface area contributed by atoms with Crippen molar-refractivity contribution in [3.05, 3.63) is 36.5 Å². The van der Waals surface area contributed by atoms with E-state index in [4.69, 9.17) is 14.2 Å². The van der Waals surface area contributed by atoms with Crippen LogP contribution in [-0.4, -0.2) is 113 Å². The SMILES string of the molecule is CCC(CC)(N(C(=O)O)[C@@H]1C(=O)N2C[C@H](Oc3nccc4c5c(ccc34)OCCO5)C[C@H]2C(=O)N[C@]2(C(=O)NS(=O)(=O)C3CC3)C[C@H]2/C=C\CC[C@H](C)C[C@H]1C)C(F)(F)F. The van der Waals surface area contributed by atoms with Crippen molar-refractivity contribution in [1.29, 1.82) is 0 Å². The van der Waals surface area contributed by atoms with E-state index in [9.17, 15) is 27.9 Å². The molecule has 0 spiro atoms. The number of nitrogens with zero attached hydrogens (tertiary/aromatic N) is 3. The average molecular weight is 864 g/mol. The monoisotopic (exact) mass is 863 g/mol. The summed E-state index contributed by atoms with van der Waals surface area (Å²) in [6.07, 6.45) is -2.58. The van der Waals surface area contributed by atoms with Crippen molar-refractivity contribution in [3.63, 3.8) is 0 Å². The van der Waals surface area contributed by atoms with Crippen LogP contribution in [0.5, 0.6) is 17.4 Å². The first kappa shape index (κ1) is 43.3. The maximum atomic E-state index is 15.2. The molecule has 1 aromatic heterocycles. The van der Waals surface area contributed by atoms with Crippen molar-refractivity contribution in [2.24, 2.45) is 17.8 Å². The molecule has 0 unspecified atom stereocenters. The predicted octanol–water partition coefficient (Wildman–Crippen LogP) is 5.32. The van der Waals surface area contributed by atoms with Gasteiger partial charge in [-0.3, -0.25) is 24.0 Å². The molecule has 3 N–H and O–H groups in total. The van der Waals surface area contributed by atoms with Gasteiger partial charge >= 0.3 is 12.3 Å². The Labute approximate surface area is 346 Å². The van der Waals surface area contributed by atoms with E-state index in [0.29, 0.717) is 61.2 Å². The zero-order valence-corrected chi connectivity index (χ0v) is 34.8. The first-order valence-corrected chi connectivity index (χ1v) is 22.2. The van der Waals surface area contributed by atoms with Crippen molar-refractivity contribution >= 4 is 44.6 Å². The molecule has 0 bridgehead atoms. The summed E-state index contributed by atoms with van der Waals surface area (Å²) in [5.41, 5.74) is -4.66. The van der Waals surface area contributed by atoms with E-state index in [0.717, 1.165) is 4.90 Å². The molecule has 2 aliphatic carbocycles. The molecule has 328 valence electrons. The lowest BCUT2D eigenvalue weighted by Gasteiger charge is -2.48. The van der Waals surface area contributed by atoms with Crippen LogP contribution >= 0.6 is 0 Å². The normalized spacial score (nSPS) is 29.3. The molecule has 1 aromatic carbocycles. The molecular formula is C41H52F3N5O10S. The third kappa shape index (κ3) is 7.93. The Morgan fingerprint density at radius 2 is 1.78 bits per heavy atom. The summed E-state index contributed by atoms with van der Waals surface area (Å²) in [4.78, 5) is 62.7. The molecule has 3 aliphatic heterocycles. The second-order valence-electron chi connectivity index (χ2n) is 16.9. The van der Waals surface area contributed by atoms with Crippen molar-refractivity contribution in [1.82, 2.24) is 24.8 Å². The summed E-state index contributed by atoms with van der Waals surface area (Å²) in [5.74, 6) is -3.48. The van der Waals surface area contributed by atoms with Crippen molar-refractivity contribution in [2.75, 3.05) is 19.8 Å². The minimum Gasteiger partial charge on any atom is -0.486 e. The molecular weight excluding hydrogens is 812 g/mol. The maximum Gasteiger partial charge on any atom is 0.411 e. The Hall–Kier alpha value is -4.81. The summed E-state index contributed by atoms with van der Waals surface area (Å²) >= 11 is 0. The van der Waals surface area contributed by atoms with Gasteiger partial charge in [0, 0.05) is 29.3 Å². The quantitative estimate of drug-likeness (QED) is 0.277. The number of rotatable bonds is 9. The van der Waals surface area contributed by atoms with Gasteiger partial charge < -0.3 is 29.5 Å². The minimum absolute atomic E-state index is 0.0565. The molecule has 19 heteroatoms. The molecule has 4 heterocycles. The Morgan fingerprint density at radius 1 is 1.07 bits per heavy atom. The molecule has 5 aliphatic rings. The van der Waals surface area contributed by atoms with E-state index in [1.54, 1.807) is 31.2 Å². The van der Waals surface area contributed by atoms with Crippen LogP contribution in [0.3, 0.4) is 0 Å². The van der Waals surface area contributed by atoms with Gasteiger partial charge in [0.1, 0.15) is 42.5 Å². The number of carboxylic acid groups (broad SMARTS) is 1. The minimum atomic E-state index is -5.08. The molecule has 1 saturated heterocycles. The van der Waals surface area contributed by atoms with Gasteiger partial charge in [-0.25, -0.2) is 18.2 Å². The standard InChI is InChI=1S/C41H52F3N5O10S/c1-5-39(6-2,41(42,43)44)49(38(53)54)32-24(4)19-23(3)9-7-8-10-25-21-40(25,37(52)47-60(55,56)27-11-12-27)46-34(50)30-20-26(22-48(30)36(32)51)59-35-29-13-14-31-33(58-18-17-57-31)28(29)15-16-45-35/h8,10,13-16,23-27,30,32H,5-7,9,11-12,17-22H2,1-4H3,(H,46,50)(H,47,52)(H,53,54)/b10-8-/t23-,24+,25+,26+,30-,32-,40+/m0/s1. The highest BCUT2D eigenvalue weighted by molar-refractivity contribution is 7.91. The van der Waals surface area contributed by atoms with Crippen LogP contribution in [0, 0.1) is 17.8 Å². The molecule has 0 radical (unpaired) electrons. The number of aromatic nitrogens is 1. The lowest BCUT2D eigenvalue weighted by atomic mass is 9.82. The topological polar surface area (TPSA) is 194 Å². The second-order valence-corrected chi connectivity index (χ2v) is 18.8. The first-order chi connectivity index (χ1) is 28.4. The smallest absolute Gasteiger partial charge is 0.411 e. The third-order valence-corrected chi connectivity index (χ3v) is 14.7. The number of halogens is 3. The van der Waals surface area contributed by atoms with E-state index in [2.05, 4.69) is 15.0 Å². The van der Waals surface area contributed by atoms with Gasteiger partial charge in [0.25, 0.3) is 5.91 Å². The van der Waals surface area contributed by atoms with Crippen LogP contribution in [0.1, 0.15) is 85.5 Å². The van der Waals surface area contributed by atoms with Gasteiger partial charge in [0.05, 0.1) is 11.8 Å². The number of amides is 4. The number of sulfonamides is 1. The molecule has 2 saturated carbocycles. The van der Waals surface area contributed by atoms with E-state index in [1.807, 2.05) is 13.0 Å². The number of ether oxygens (including phenoxy) is 3. The Balaban J connectivity index is 1.31. The van der Waals surface area contributed by atoms with Gasteiger partial charge in [0.2, 0.25) is 27.7 Å². The Bertz CT molecular complexity index is 2160. The number of pyridine rings is 1. The number of carbonyl (C=O) groups is 4. The molecule has 3 fully saturated rings. The summed E-state index contributed by atoms with van der Waals surface area (Å²) in [7, 11) is -4.03. The van der Waals surface area contributed by atoms with E-state index in [-0.39, 0.29) is 42.5 Å². The van der Waals surface area contributed by atoms with Gasteiger partial charge in [0.15, 0.2) is 11.5 Å². The highest BCUT2D eigenvalue weighted by Gasteiger charge is 2.64. The maximum absolute atomic E-state index is 15.2. The van der Waals surface area contributed by atoms with Crippen LogP contribution in [0.2, 0.25) is 0 Å².